The highest BCUT2D eigenvalue weighted by atomic mass is 35.5. The lowest BCUT2D eigenvalue weighted by Gasteiger charge is -2.08. The summed E-state index contributed by atoms with van der Waals surface area (Å²) < 4.78 is 10.6. The molecule has 6 nitrogen and oxygen atoms in total. The molecule has 7 heteroatoms. The number of aryl methyl sites for hydroxylation is 1. The Balaban J connectivity index is 1.76. The van der Waals surface area contributed by atoms with Crippen LogP contribution >= 0.6 is 11.6 Å². The van der Waals surface area contributed by atoms with Crippen LogP contribution in [0.5, 0.6) is 0 Å². The molecule has 1 aromatic carbocycles. The molecule has 0 aliphatic carbocycles. The molecule has 0 saturated heterocycles. The molecule has 2 rings (SSSR count). The smallest absolute Gasteiger partial charge is 0.307 e. The number of esters is 1. The van der Waals surface area contributed by atoms with E-state index in [2.05, 4.69) is 10.3 Å². The predicted molar refractivity (Wildman–Crippen MR) is 94.1 cm³/mol. The maximum atomic E-state index is 11.8. The van der Waals surface area contributed by atoms with Gasteiger partial charge in [0, 0.05) is 24.9 Å². The molecule has 0 aliphatic rings. The first-order valence-corrected chi connectivity index (χ1v) is 8.49. The monoisotopic (exact) mass is 364 g/mol. The molecule has 1 aromatic heterocycles. The van der Waals surface area contributed by atoms with E-state index in [-0.39, 0.29) is 37.4 Å². The average molecular weight is 365 g/mol. The molecule has 1 heterocycles. The summed E-state index contributed by atoms with van der Waals surface area (Å²) in [6.07, 6.45) is 2.19. The second-order valence-corrected chi connectivity index (χ2v) is 6.14. The molecule has 0 aliphatic heterocycles. The molecule has 1 N–H and O–H groups in total. The predicted octanol–water partition coefficient (Wildman–Crippen LogP) is 3.39. The Hall–Kier alpha value is -2.34. The lowest BCUT2D eigenvalue weighted by atomic mass is 10.2. The van der Waals surface area contributed by atoms with Gasteiger partial charge in [-0.25, -0.2) is 4.98 Å². The molecule has 0 fully saturated rings. The highest BCUT2D eigenvalue weighted by Crippen LogP contribution is 2.28. The molecule has 25 heavy (non-hydrogen) atoms. The largest absolute Gasteiger partial charge is 0.463 e. The Morgan fingerprint density at radius 3 is 2.76 bits per heavy atom. The molecule has 0 radical (unpaired) electrons. The molecular weight excluding hydrogens is 344 g/mol. The maximum absolute atomic E-state index is 11.8. The summed E-state index contributed by atoms with van der Waals surface area (Å²) in [4.78, 5) is 27.3. The number of ether oxygens (including phenoxy) is 1. The van der Waals surface area contributed by atoms with E-state index in [4.69, 9.17) is 20.8 Å². The lowest BCUT2D eigenvalue weighted by Crippen LogP contribution is -2.27. The van der Waals surface area contributed by atoms with Crippen LogP contribution in [0.25, 0.3) is 11.3 Å². The second kappa shape index (κ2) is 9.22. The van der Waals surface area contributed by atoms with Crippen LogP contribution in [0.2, 0.25) is 5.02 Å². The number of oxazole rings is 1. The molecule has 1 amide bonds. The van der Waals surface area contributed by atoms with E-state index in [1.54, 1.807) is 26.1 Å². The van der Waals surface area contributed by atoms with Gasteiger partial charge in [-0.1, -0.05) is 23.7 Å². The van der Waals surface area contributed by atoms with Gasteiger partial charge < -0.3 is 14.5 Å². The quantitative estimate of drug-likeness (QED) is 0.726. The number of hydrogen-bond donors (Lipinski definition) is 1. The van der Waals surface area contributed by atoms with Gasteiger partial charge in [0.15, 0.2) is 11.7 Å². The number of carbonyl (C=O) groups is 2. The average Bonchev–Trinajstić information content (AvgIpc) is 3.01. The molecular formula is C18H21ClN2O4. The minimum absolute atomic E-state index is 0.152. The van der Waals surface area contributed by atoms with Crippen LogP contribution in [-0.4, -0.2) is 29.5 Å². The molecule has 0 spiro atoms. The standard InChI is InChI=1S/C18H21ClN2O4/c1-12(2)24-18(23)9-10-20-16(22)7-8-17-21-11-15(25-17)13-5-3-4-6-14(13)19/h3-6,11-12H,7-10H2,1-2H3,(H,20,22). The third-order valence-electron chi connectivity index (χ3n) is 3.28. The van der Waals surface area contributed by atoms with Crippen LogP contribution in [0, 0.1) is 0 Å². The number of hydrogen-bond acceptors (Lipinski definition) is 5. The fourth-order valence-electron chi connectivity index (χ4n) is 2.15. The van der Waals surface area contributed by atoms with Crippen molar-refractivity contribution in [3.8, 4) is 11.3 Å². The van der Waals surface area contributed by atoms with Crippen molar-refractivity contribution in [2.45, 2.75) is 39.2 Å². The fraction of sp³-hybridized carbons (Fsp3) is 0.389. The molecule has 2 aromatic rings. The van der Waals surface area contributed by atoms with E-state index in [9.17, 15) is 9.59 Å². The first-order valence-electron chi connectivity index (χ1n) is 8.11. The zero-order valence-electron chi connectivity index (χ0n) is 14.3. The van der Waals surface area contributed by atoms with Crippen LogP contribution in [0.3, 0.4) is 0 Å². The molecule has 0 bridgehead atoms. The van der Waals surface area contributed by atoms with Crippen molar-refractivity contribution in [1.82, 2.24) is 10.3 Å². The number of rotatable bonds is 8. The van der Waals surface area contributed by atoms with Crippen molar-refractivity contribution in [1.29, 1.82) is 0 Å². The minimum Gasteiger partial charge on any atom is -0.463 e. The molecule has 134 valence electrons. The highest BCUT2D eigenvalue weighted by Gasteiger charge is 2.11. The number of amides is 1. The number of aromatic nitrogens is 1. The number of benzene rings is 1. The van der Waals surface area contributed by atoms with Crippen molar-refractivity contribution in [2.24, 2.45) is 0 Å². The second-order valence-electron chi connectivity index (χ2n) is 5.74. The Bertz CT molecular complexity index is 727. The van der Waals surface area contributed by atoms with E-state index >= 15 is 0 Å². The Kier molecular flexibility index (Phi) is 7.01. The zero-order chi connectivity index (χ0) is 18.2. The summed E-state index contributed by atoms with van der Waals surface area (Å²) >= 11 is 6.12. The van der Waals surface area contributed by atoms with E-state index in [1.807, 2.05) is 18.2 Å². The van der Waals surface area contributed by atoms with Gasteiger partial charge in [0.05, 0.1) is 23.7 Å². The van der Waals surface area contributed by atoms with Crippen LogP contribution in [0.1, 0.15) is 32.6 Å². The van der Waals surface area contributed by atoms with Gasteiger partial charge in [-0.15, -0.1) is 0 Å². The van der Waals surface area contributed by atoms with Gasteiger partial charge in [-0.2, -0.15) is 0 Å². The van der Waals surface area contributed by atoms with Crippen molar-refractivity contribution in [3.05, 3.63) is 41.4 Å². The van der Waals surface area contributed by atoms with Crippen LogP contribution in [0.15, 0.2) is 34.9 Å². The van der Waals surface area contributed by atoms with E-state index in [1.165, 1.54) is 0 Å². The minimum atomic E-state index is -0.326. The molecule has 0 atom stereocenters. The van der Waals surface area contributed by atoms with Crippen LogP contribution < -0.4 is 5.32 Å². The first-order chi connectivity index (χ1) is 12.0. The number of nitrogens with zero attached hydrogens (tertiary/aromatic N) is 1. The SMILES string of the molecule is CC(C)OC(=O)CCNC(=O)CCc1ncc(-c2ccccc2Cl)o1. The lowest BCUT2D eigenvalue weighted by molar-refractivity contribution is -0.147. The third kappa shape index (κ3) is 6.23. The van der Waals surface area contributed by atoms with E-state index < -0.39 is 0 Å². The summed E-state index contributed by atoms with van der Waals surface area (Å²) in [6.45, 7) is 3.81. The van der Waals surface area contributed by atoms with Crippen molar-refractivity contribution in [3.63, 3.8) is 0 Å². The van der Waals surface area contributed by atoms with Crippen molar-refractivity contribution < 1.29 is 18.7 Å². The summed E-state index contributed by atoms with van der Waals surface area (Å²) in [7, 11) is 0. The summed E-state index contributed by atoms with van der Waals surface area (Å²) in [5.74, 6) is 0.531. The first kappa shape index (κ1) is 19.0. The van der Waals surface area contributed by atoms with E-state index in [0.29, 0.717) is 23.1 Å². The van der Waals surface area contributed by atoms with Gasteiger partial charge in [-0.05, 0) is 26.0 Å². The Labute approximate surface area is 151 Å². The topological polar surface area (TPSA) is 81.4 Å². The Morgan fingerprint density at radius 2 is 2.04 bits per heavy atom. The van der Waals surface area contributed by atoms with Gasteiger partial charge in [0.1, 0.15) is 0 Å². The molecule has 0 saturated carbocycles. The fourth-order valence-corrected chi connectivity index (χ4v) is 2.37. The number of halogens is 1. The third-order valence-corrected chi connectivity index (χ3v) is 3.61. The van der Waals surface area contributed by atoms with Gasteiger partial charge in [0.25, 0.3) is 0 Å². The van der Waals surface area contributed by atoms with Gasteiger partial charge in [-0.3, -0.25) is 9.59 Å². The van der Waals surface area contributed by atoms with Crippen LogP contribution in [0.4, 0.5) is 0 Å². The van der Waals surface area contributed by atoms with Crippen molar-refractivity contribution >= 4 is 23.5 Å². The maximum Gasteiger partial charge on any atom is 0.307 e. The number of nitrogens with one attached hydrogen (secondary N) is 1. The summed E-state index contributed by atoms with van der Waals surface area (Å²) in [6, 6.07) is 7.32. The van der Waals surface area contributed by atoms with Gasteiger partial charge in [0.2, 0.25) is 5.91 Å². The number of carbonyl (C=O) groups excluding carboxylic acids is 2. The molecule has 0 unspecified atom stereocenters. The summed E-state index contributed by atoms with van der Waals surface area (Å²) in [5, 5.41) is 3.25. The Morgan fingerprint density at radius 1 is 1.28 bits per heavy atom. The summed E-state index contributed by atoms with van der Waals surface area (Å²) in [5.41, 5.74) is 0.760. The normalized spacial score (nSPS) is 10.7. The zero-order valence-corrected chi connectivity index (χ0v) is 15.0. The van der Waals surface area contributed by atoms with Crippen LogP contribution in [-0.2, 0) is 20.7 Å². The van der Waals surface area contributed by atoms with Crippen molar-refractivity contribution in [2.75, 3.05) is 6.54 Å². The van der Waals surface area contributed by atoms with Gasteiger partial charge >= 0.3 is 5.97 Å². The highest BCUT2D eigenvalue weighted by molar-refractivity contribution is 6.33. The van der Waals surface area contributed by atoms with E-state index in [0.717, 1.165) is 5.56 Å².